The van der Waals surface area contributed by atoms with Gasteiger partial charge in [0.15, 0.2) is 6.10 Å². The van der Waals surface area contributed by atoms with Crippen molar-refractivity contribution in [3.63, 3.8) is 0 Å². The lowest BCUT2D eigenvalue weighted by atomic mass is 10.1. The molecule has 4 nitrogen and oxygen atoms in total. The van der Waals surface area contributed by atoms with Crippen LogP contribution in [0.1, 0.15) is 23.6 Å². The summed E-state index contributed by atoms with van der Waals surface area (Å²) in [5.41, 5.74) is 3.47. The smallest absolute Gasteiger partial charge is 0.260 e. The second-order valence-electron chi connectivity index (χ2n) is 5.84. The fourth-order valence-corrected chi connectivity index (χ4v) is 2.20. The maximum Gasteiger partial charge on any atom is 0.260 e. The van der Waals surface area contributed by atoms with Crippen LogP contribution in [0.25, 0.3) is 0 Å². The predicted molar refractivity (Wildman–Crippen MR) is 95.1 cm³/mol. The van der Waals surface area contributed by atoms with Gasteiger partial charge in [0.1, 0.15) is 5.75 Å². The molecule has 0 aromatic heterocycles. The number of aryl methyl sites for hydroxylation is 2. The van der Waals surface area contributed by atoms with Gasteiger partial charge in [-0.1, -0.05) is 36.4 Å². The Hall–Kier alpha value is -2.33. The zero-order valence-electron chi connectivity index (χ0n) is 14.5. The van der Waals surface area contributed by atoms with E-state index < -0.39 is 6.10 Å². The van der Waals surface area contributed by atoms with E-state index in [9.17, 15) is 4.79 Å². The molecule has 1 atom stereocenters. The first-order chi connectivity index (χ1) is 11.6. The van der Waals surface area contributed by atoms with E-state index in [-0.39, 0.29) is 5.91 Å². The maximum absolute atomic E-state index is 12.0. The van der Waals surface area contributed by atoms with E-state index in [4.69, 9.17) is 9.47 Å². The molecular formula is C20H25NO3. The van der Waals surface area contributed by atoms with Crippen molar-refractivity contribution in [3.8, 4) is 5.75 Å². The Morgan fingerprint density at radius 3 is 2.54 bits per heavy atom. The van der Waals surface area contributed by atoms with Crippen LogP contribution in [0.4, 0.5) is 0 Å². The molecule has 1 N–H and O–H groups in total. The van der Waals surface area contributed by atoms with Gasteiger partial charge >= 0.3 is 0 Å². The van der Waals surface area contributed by atoms with Crippen LogP contribution in [-0.4, -0.2) is 25.2 Å². The van der Waals surface area contributed by atoms with Crippen molar-refractivity contribution < 1.29 is 14.3 Å². The molecule has 0 aliphatic heterocycles. The number of hydrogen-bond donors (Lipinski definition) is 1. The molecule has 2 rings (SSSR count). The minimum absolute atomic E-state index is 0.142. The highest BCUT2D eigenvalue weighted by Crippen LogP contribution is 2.17. The average molecular weight is 327 g/mol. The molecule has 2 aromatic rings. The van der Waals surface area contributed by atoms with Crippen LogP contribution in [0.2, 0.25) is 0 Å². The molecule has 24 heavy (non-hydrogen) atoms. The third-order valence-electron chi connectivity index (χ3n) is 3.82. The zero-order chi connectivity index (χ0) is 17.4. The Kier molecular flexibility index (Phi) is 6.82. The van der Waals surface area contributed by atoms with Crippen LogP contribution in [-0.2, 0) is 16.1 Å². The minimum Gasteiger partial charge on any atom is -0.481 e. The largest absolute Gasteiger partial charge is 0.481 e. The predicted octanol–water partition coefficient (Wildman–Crippen LogP) is 3.40. The normalized spacial score (nSPS) is 11.8. The van der Waals surface area contributed by atoms with Gasteiger partial charge in [0.2, 0.25) is 0 Å². The highest BCUT2D eigenvalue weighted by Gasteiger charge is 2.14. The molecule has 0 heterocycles. The molecule has 0 bridgehead atoms. The van der Waals surface area contributed by atoms with E-state index in [1.54, 1.807) is 6.92 Å². The van der Waals surface area contributed by atoms with Gasteiger partial charge in [0.05, 0.1) is 13.2 Å². The van der Waals surface area contributed by atoms with Gasteiger partial charge in [-0.15, -0.1) is 0 Å². The summed E-state index contributed by atoms with van der Waals surface area (Å²) in [5.74, 6) is 0.567. The summed E-state index contributed by atoms with van der Waals surface area (Å²) in [6.07, 6.45) is -0.541. The second-order valence-corrected chi connectivity index (χ2v) is 5.84. The van der Waals surface area contributed by atoms with Crippen molar-refractivity contribution in [2.24, 2.45) is 0 Å². The van der Waals surface area contributed by atoms with Crippen molar-refractivity contribution in [2.75, 3.05) is 13.2 Å². The lowest BCUT2D eigenvalue weighted by Gasteiger charge is -2.15. The molecular weight excluding hydrogens is 302 g/mol. The number of amides is 1. The molecule has 0 unspecified atom stereocenters. The van der Waals surface area contributed by atoms with Gasteiger partial charge in [0, 0.05) is 6.54 Å². The van der Waals surface area contributed by atoms with Crippen molar-refractivity contribution in [1.82, 2.24) is 5.32 Å². The minimum atomic E-state index is -0.541. The van der Waals surface area contributed by atoms with E-state index in [1.165, 1.54) is 5.56 Å². The quantitative estimate of drug-likeness (QED) is 0.756. The van der Waals surface area contributed by atoms with E-state index in [2.05, 4.69) is 5.32 Å². The zero-order valence-corrected chi connectivity index (χ0v) is 14.5. The lowest BCUT2D eigenvalue weighted by molar-refractivity contribution is -0.127. The first-order valence-corrected chi connectivity index (χ1v) is 8.19. The lowest BCUT2D eigenvalue weighted by Crippen LogP contribution is -2.38. The molecule has 128 valence electrons. The monoisotopic (exact) mass is 327 g/mol. The maximum atomic E-state index is 12.0. The van der Waals surface area contributed by atoms with E-state index in [0.29, 0.717) is 25.5 Å². The molecule has 1 amide bonds. The summed E-state index contributed by atoms with van der Waals surface area (Å²) in [7, 11) is 0. The fourth-order valence-electron chi connectivity index (χ4n) is 2.20. The van der Waals surface area contributed by atoms with Gasteiger partial charge in [-0.3, -0.25) is 4.79 Å². The summed E-state index contributed by atoms with van der Waals surface area (Å²) < 4.78 is 11.2. The van der Waals surface area contributed by atoms with Crippen LogP contribution in [0.15, 0.2) is 48.5 Å². The van der Waals surface area contributed by atoms with Crippen LogP contribution in [0, 0.1) is 13.8 Å². The van der Waals surface area contributed by atoms with E-state index >= 15 is 0 Å². The fraction of sp³-hybridized carbons (Fsp3) is 0.350. The van der Waals surface area contributed by atoms with Crippen LogP contribution >= 0.6 is 0 Å². The van der Waals surface area contributed by atoms with Crippen molar-refractivity contribution in [2.45, 2.75) is 33.5 Å². The SMILES string of the molecule is Cc1ccc(O[C@H](C)C(=O)NCCOCc2ccccc2)cc1C. The highest BCUT2D eigenvalue weighted by molar-refractivity contribution is 5.80. The Balaban J connectivity index is 1.67. The highest BCUT2D eigenvalue weighted by atomic mass is 16.5. The van der Waals surface area contributed by atoms with Crippen molar-refractivity contribution in [3.05, 3.63) is 65.2 Å². The Morgan fingerprint density at radius 1 is 1.08 bits per heavy atom. The number of benzene rings is 2. The van der Waals surface area contributed by atoms with Crippen molar-refractivity contribution >= 4 is 5.91 Å². The molecule has 0 fully saturated rings. The first-order valence-electron chi connectivity index (χ1n) is 8.19. The van der Waals surface area contributed by atoms with E-state index in [1.807, 2.05) is 62.4 Å². The number of nitrogens with one attached hydrogen (secondary N) is 1. The molecule has 0 aliphatic rings. The summed E-state index contributed by atoms with van der Waals surface area (Å²) in [5, 5.41) is 2.83. The third kappa shape index (κ3) is 5.70. The Labute approximate surface area is 143 Å². The molecule has 0 saturated heterocycles. The molecule has 0 radical (unpaired) electrons. The van der Waals surface area contributed by atoms with Crippen LogP contribution in [0.3, 0.4) is 0 Å². The van der Waals surface area contributed by atoms with Crippen LogP contribution in [0.5, 0.6) is 5.75 Å². The van der Waals surface area contributed by atoms with Gasteiger partial charge in [-0.05, 0) is 49.6 Å². The molecule has 0 saturated carbocycles. The number of carbonyl (C=O) groups is 1. The number of ether oxygens (including phenoxy) is 2. The van der Waals surface area contributed by atoms with Gasteiger partial charge < -0.3 is 14.8 Å². The Morgan fingerprint density at radius 2 is 1.83 bits per heavy atom. The Bertz CT molecular complexity index is 655. The van der Waals surface area contributed by atoms with Gasteiger partial charge in [0.25, 0.3) is 5.91 Å². The summed E-state index contributed by atoms with van der Waals surface area (Å²) in [4.78, 5) is 12.0. The average Bonchev–Trinajstić information content (AvgIpc) is 2.58. The van der Waals surface area contributed by atoms with Gasteiger partial charge in [-0.25, -0.2) is 0 Å². The summed E-state index contributed by atoms with van der Waals surface area (Å²) in [6.45, 7) is 7.30. The third-order valence-corrected chi connectivity index (χ3v) is 3.82. The molecule has 2 aromatic carbocycles. The van der Waals surface area contributed by atoms with Gasteiger partial charge in [-0.2, -0.15) is 0 Å². The first kappa shape index (κ1) is 18.0. The van der Waals surface area contributed by atoms with E-state index in [0.717, 1.165) is 11.1 Å². The standard InChI is InChI=1S/C20H25NO3/c1-15-9-10-19(13-16(15)2)24-17(3)20(22)21-11-12-23-14-18-7-5-4-6-8-18/h4-10,13,17H,11-12,14H2,1-3H3,(H,21,22)/t17-/m1/s1. The number of carbonyl (C=O) groups excluding carboxylic acids is 1. The summed E-state index contributed by atoms with van der Waals surface area (Å²) in [6, 6.07) is 15.8. The topological polar surface area (TPSA) is 47.6 Å². The molecule has 4 heteroatoms. The van der Waals surface area contributed by atoms with Crippen LogP contribution < -0.4 is 10.1 Å². The molecule has 0 spiro atoms. The number of hydrogen-bond acceptors (Lipinski definition) is 3. The van der Waals surface area contributed by atoms with Crippen molar-refractivity contribution in [1.29, 1.82) is 0 Å². The summed E-state index contributed by atoms with van der Waals surface area (Å²) >= 11 is 0. The number of rotatable bonds is 8. The second kappa shape index (κ2) is 9.08. The molecule has 0 aliphatic carbocycles.